The highest BCUT2D eigenvalue weighted by Gasteiger charge is 2.15. The van der Waals surface area contributed by atoms with Crippen LogP contribution in [0.5, 0.6) is 0 Å². The van der Waals surface area contributed by atoms with E-state index in [1.807, 2.05) is 30.3 Å². The first-order valence-corrected chi connectivity index (χ1v) is 7.37. The van der Waals surface area contributed by atoms with Gasteiger partial charge in [0, 0.05) is 18.0 Å². The van der Waals surface area contributed by atoms with Gasteiger partial charge in [0.15, 0.2) is 0 Å². The Bertz CT molecular complexity index is 738. The van der Waals surface area contributed by atoms with Gasteiger partial charge in [-0.3, -0.25) is 4.79 Å². The summed E-state index contributed by atoms with van der Waals surface area (Å²) >= 11 is 5.91. The molecule has 0 aliphatic heterocycles. The number of benzene rings is 2. The minimum absolute atomic E-state index is 0.156. The van der Waals surface area contributed by atoms with E-state index in [1.165, 1.54) is 13.0 Å². The monoisotopic (exact) mass is 329 g/mol. The molecule has 0 radical (unpaired) electrons. The molecule has 0 heterocycles. The zero-order chi connectivity index (χ0) is 16.8. The van der Waals surface area contributed by atoms with Crippen LogP contribution >= 0.6 is 11.6 Å². The van der Waals surface area contributed by atoms with E-state index in [0.717, 1.165) is 22.8 Å². The van der Waals surface area contributed by atoms with Crippen LogP contribution in [0.1, 0.15) is 29.7 Å². The van der Waals surface area contributed by atoms with Crippen molar-refractivity contribution in [2.45, 2.75) is 13.0 Å². The van der Waals surface area contributed by atoms with Crippen LogP contribution in [0, 0.1) is 0 Å². The highest BCUT2D eigenvalue weighted by atomic mass is 35.5. The number of carboxylic acids is 1. The lowest BCUT2D eigenvalue weighted by atomic mass is 9.97. The third-order valence-corrected chi connectivity index (χ3v) is 3.47. The molecule has 0 saturated heterocycles. The Morgan fingerprint density at radius 3 is 2.43 bits per heavy atom. The quantitative estimate of drug-likeness (QED) is 0.823. The van der Waals surface area contributed by atoms with E-state index in [0.29, 0.717) is 5.02 Å². The van der Waals surface area contributed by atoms with Crippen molar-refractivity contribution < 1.29 is 14.7 Å². The SMILES string of the molecule is CC(=O)NC(c1ccc(Cl)cc1)c1cccc(/C=C/C(=O)O)c1. The first kappa shape index (κ1) is 16.8. The number of carbonyl (C=O) groups is 2. The second kappa shape index (κ2) is 7.61. The number of hydrogen-bond acceptors (Lipinski definition) is 2. The molecular weight excluding hydrogens is 314 g/mol. The highest BCUT2D eigenvalue weighted by Crippen LogP contribution is 2.24. The topological polar surface area (TPSA) is 66.4 Å². The van der Waals surface area contributed by atoms with Crippen LogP contribution in [-0.2, 0) is 9.59 Å². The predicted octanol–water partition coefficient (Wildman–Crippen LogP) is 3.66. The van der Waals surface area contributed by atoms with Crippen LogP contribution in [0.15, 0.2) is 54.6 Å². The van der Waals surface area contributed by atoms with Crippen molar-refractivity contribution in [3.63, 3.8) is 0 Å². The van der Waals surface area contributed by atoms with E-state index in [9.17, 15) is 9.59 Å². The van der Waals surface area contributed by atoms with Crippen molar-refractivity contribution in [2.75, 3.05) is 0 Å². The number of carbonyl (C=O) groups excluding carboxylic acids is 1. The maximum absolute atomic E-state index is 11.5. The third-order valence-electron chi connectivity index (χ3n) is 3.21. The Hall–Kier alpha value is -2.59. The molecule has 0 bridgehead atoms. The van der Waals surface area contributed by atoms with Gasteiger partial charge in [-0.15, -0.1) is 0 Å². The summed E-state index contributed by atoms with van der Waals surface area (Å²) in [5.74, 6) is -1.16. The first-order chi connectivity index (χ1) is 11.0. The van der Waals surface area contributed by atoms with Crippen molar-refractivity contribution in [3.8, 4) is 0 Å². The van der Waals surface area contributed by atoms with Crippen molar-refractivity contribution in [1.82, 2.24) is 5.32 Å². The van der Waals surface area contributed by atoms with E-state index in [2.05, 4.69) is 5.32 Å². The summed E-state index contributed by atoms with van der Waals surface area (Å²) in [6, 6.07) is 14.2. The van der Waals surface area contributed by atoms with Gasteiger partial charge in [-0.1, -0.05) is 41.9 Å². The molecule has 23 heavy (non-hydrogen) atoms. The van der Waals surface area contributed by atoms with Gasteiger partial charge in [0.25, 0.3) is 0 Å². The van der Waals surface area contributed by atoms with Crippen LogP contribution < -0.4 is 5.32 Å². The molecule has 0 aliphatic carbocycles. The third kappa shape index (κ3) is 4.97. The predicted molar refractivity (Wildman–Crippen MR) is 90.2 cm³/mol. The van der Waals surface area contributed by atoms with E-state index in [4.69, 9.17) is 16.7 Å². The minimum Gasteiger partial charge on any atom is -0.478 e. The molecule has 1 unspecified atom stereocenters. The summed E-state index contributed by atoms with van der Waals surface area (Å²) in [4.78, 5) is 22.2. The largest absolute Gasteiger partial charge is 0.478 e. The molecule has 2 N–H and O–H groups in total. The maximum Gasteiger partial charge on any atom is 0.328 e. The maximum atomic E-state index is 11.5. The molecule has 0 aromatic heterocycles. The zero-order valence-corrected chi connectivity index (χ0v) is 13.2. The molecule has 5 heteroatoms. The molecule has 2 aromatic carbocycles. The molecule has 2 rings (SSSR count). The number of rotatable bonds is 5. The van der Waals surface area contributed by atoms with Gasteiger partial charge < -0.3 is 10.4 Å². The molecule has 0 aliphatic rings. The lowest BCUT2D eigenvalue weighted by molar-refractivity contribution is -0.131. The zero-order valence-electron chi connectivity index (χ0n) is 12.5. The second-order valence-electron chi connectivity index (χ2n) is 5.03. The normalized spacial score (nSPS) is 12.1. The van der Waals surface area contributed by atoms with Crippen LogP contribution in [0.2, 0.25) is 5.02 Å². The average Bonchev–Trinajstić information content (AvgIpc) is 2.52. The van der Waals surface area contributed by atoms with E-state index >= 15 is 0 Å². The van der Waals surface area contributed by atoms with Crippen LogP contribution in [-0.4, -0.2) is 17.0 Å². The number of nitrogens with one attached hydrogen (secondary N) is 1. The standard InChI is InChI=1S/C18H16ClNO3/c1-12(21)20-18(14-6-8-16(19)9-7-14)15-4-2-3-13(11-15)5-10-17(22)23/h2-11,18H,1H3,(H,20,21)(H,22,23)/b10-5+. The van der Waals surface area contributed by atoms with E-state index in [-0.39, 0.29) is 11.9 Å². The molecule has 4 nitrogen and oxygen atoms in total. The average molecular weight is 330 g/mol. The molecule has 1 amide bonds. The number of carboxylic acid groups (broad SMARTS) is 1. The lowest BCUT2D eigenvalue weighted by Gasteiger charge is -2.19. The molecule has 1 atom stereocenters. The van der Waals surface area contributed by atoms with Gasteiger partial charge in [0.2, 0.25) is 5.91 Å². The van der Waals surface area contributed by atoms with Crippen molar-refractivity contribution >= 4 is 29.6 Å². The lowest BCUT2D eigenvalue weighted by Crippen LogP contribution is -2.26. The Balaban J connectivity index is 2.39. The smallest absolute Gasteiger partial charge is 0.328 e. The molecule has 118 valence electrons. The number of aliphatic carboxylic acids is 1. The fourth-order valence-corrected chi connectivity index (χ4v) is 2.35. The van der Waals surface area contributed by atoms with Crippen LogP contribution in [0.3, 0.4) is 0 Å². The molecular formula is C18H16ClNO3. The van der Waals surface area contributed by atoms with Crippen molar-refractivity contribution in [3.05, 3.63) is 76.3 Å². The summed E-state index contributed by atoms with van der Waals surface area (Å²) in [6.07, 6.45) is 2.59. The second-order valence-corrected chi connectivity index (χ2v) is 5.46. The Labute approximate surface area is 139 Å². The van der Waals surface area contributed by atoms with Crippen LogP contribution in [0.25, 0.3) is 6.08 Å². The molecule has 2 aromatic rings. The summed E-state index contributed by atoms with van der Waals surface area (Å²) in [6.45, 7) is 1.46. The van der Waals surface area contributed by atoms with Gasteiger partial charge in [-0.25, -0.2) is 4.79 Å². The number of amides is 1. The fourth-order valence-electron chi connectivity index (χ4n) is 2.23. The van der Waals surface area contributed by atoms with Crippen molar-refractivity contribution in [2.24, 2.45) is 0 Å². The van der Waals surface area contributed by atoms with Crippen LogP contribution in [0.4, 0.5) is 0 Å². The van der Waals surface area contributed by atoms with Gasteiger partial charge in [-0.2, -0.15) is 0 Å². The summed E-state index contributed by atoms with van der Waals surface area (Å²) in [7, 11) is 0. The minimum atomic E-state index is -1.01. The summed E-state index contributed by atoms with van der Waals surface area (Å²) < 4.78 is 0. The number of hydrogen-bond donors (Lipinski definition) is 2. The summed E-state index contributed by atoms with van der Waals surface area (Å²) in [5.41, 5.74) is 2.49. The fraction of sp³-hybridized carbons (Fsp3) is 0.111. The van der Waals surface area contributed by atoms with E-state index in [1.54, 1.807) is 18.2 Å². The Kier molecular flexibility index (Phi) is 5.55. The molecule has 0 saturated carbocycles. The number of halogens is 1. The first-order valence-electron chi connectivity index (χ1n) is 6.99. The highest BCUT2D eigenvalue weighted by molar-refractivity contribution is 6.30. The Morgan fingerprint density at radius 2 is 1.83 bits per heavy atom. The summed E-state index contributed by atoms with van der Waals surface area (Å²) in [5, 5.41) is 12.2. The van der Waals surface area contributed by atoms with Gasteiger partial charge in [-0.05, 0) is 41.0 Å². The van der Waals surface area contributed by atoms with Crippen molar-refractivity contribution in [1.29, 1.82) is 0 Å². The van der Waals surface area contributed by atoms with Gasteiger partial charge >= 0.3 is 5.97 Å². The Morgan fingerprint density at radius 1 is 1.13 bits per heavy atom. The molecule has 0 fully saturated rings. The van der Waals surface area contributed by atoms with Gasteiger partial charge in [0.1, 0.15) is 0 Å². The van der Waals surface area contributed by atoms with E-state index < -0.39 is 5.97 Å². The van der Waals surface area contributed by atoms with Gasteiger partial charge in [0.05, 0.1) is 6.04 Å². The molecule has 0 spiro atoms.